The van der Waals surface area contributed by atoms with Gasteiger partial charge in [0.15, 0.2) is 17.1 Å². The van der Waals surface area contributed by atoms with Crippen molar-refractivity contribution >= 4 is 55.5 Å². The van der Waals surface area contributed by atoms with Gasteiger partial charge in [-0.25, -0.2) is 37.2 Å². The topological polar surface area (TPSA) is 186 Å². The summed E-state index contributed by atoms with van der Waals surface area (Å²) in [5.41, 5.74) is 15.3. The number of hydrogen-bond donors (Lipinski definition) is 2. The summed E-state index contributed by atoms with van der Waals surface area (Å²) >= 11 is 0. The fourth-order valence-corrected chi connectivity index (χ4v) is 13.1. The van der Waals surface area contributed by atoms with Gasteiger partial charge in [-0.15, -0.1) is 10.2 Å². The smallest absolute Gasteiger partial charge is 0.157 e. The number of imidazole rings is 3. The van der Waals surface area contributed by atoms with Crippen LogP contribution in [0.2, 0.25) is 0 Å². The lowest BCUT2D eigenvalue weighted by atomic mass is 9.93. The van der Waals surface area contributed by atoms with Crippen LogP contribution >= 0.6 is 0 Å². The Morgan fingerprint density at radius 2 is 1.03 bits per heavy atom. The average Bonchev–Trinajstić information content (AvgIpc) is 2.83. The number of fused-ring (bicyclic) bond motifs is 8. The lowest BCUT2D eigenvalue weighted by molar-refractivity contribution is 0.292. The molecule has 2 N–H and O–H groups in total. The maximum absolute atomic E-state index is 15.1. The molecule has 12 aromatic rings. The molecule has 0 spiro atoms. The molecule has 0 saturated carbocycles. The van der Waals surface area contributed by atoms with E-state index in [0.717, 1.165) is 145 Å². The summed E-state index contributed by atoms with van der Waals surface area (Å²) in [6, 6.07) is 24.7. The Kier molecular flexibility index (Phi) is 14.6. The number of halogens is 3. The number of pyridine rings is 1. The van der Waals surface area contributed by atoms with Crippen molar-refractivity contribution in [2.24, 2.45) is 0 Å². The molecule has 4 aliphatic heterocycles. The van der Waals surface area contributed by atoms with Gasteiger partial charge in [0, 0.05) is 82.3 Å². The molecule has 442 valence electrons. The highest BCUT2D eigenvalue weighted by molar-refractivity contribution is 5.87. The van der Waals surface area contributed by atoms with Crippen molar-refractivity contribution in [1.29, 1.82) is 0 Å². The van der Waals surface area contributed by atoms with Gasteiger partial charge in [-0.3, -0.25) is 4.90 Å². The van der Waals surface area contributed by atoms with Gasteiger partial charge in [0.1, 0.15) is 23.1 Å². The number of nitrogens with one attached hydrogen (secondary N) is 2. The molecule has 1 unspecified atom stereocenters. The number of piperazine rings is 1. The lowest BCUT2D eigenvalue weighted by Gasteiger charge is -2.32. The number of rotatable bonds is 7. The molecular formula is C66H67F3N18. The third kappa shape index (κ3) is 11.0. The quantitative estimate of drug-likeness (QED) is 0.153. The van der Waals surface area contributed by atoms with Crippen LogP contribution < -0.4 is 15.5 Å². The Morgan fingerprint density at radius 1 is 0.506 bits per heavy atom. The van der Waals surface area contributed by atoms with Gasteiger partial charge >= 0.3 is 0 Å². The van der Waals surface area contributed by atoms with E-state index in [9.17, 15) is 4.39 Å². The molecule has 4 saturated heterocycles. The predicted molar refractivity (Wildman–Crippen MR) is 332 cm³/mol. The van der Waals surface area contributed by atoms with E-state index in [1.54, 1.807) is 21.2 Å². The van der Waals surface area contributed by atoms with Crippen molar-refractivity contribution in [2.75, 3.05) is 51.2 Å². The molecule has 0 aliphatic carbocycles. The number of likely N-dealkylation sites (N-methyl/N-ethyl adjacent to an activating group) is 1. The summed E-state index contributed by atoms with van der Waals surface area (Å²) in [7, 11) is 2.16. The van der Waals surface area contributed by atoms with Crippen molar-refractivity contribution in [3.63, 3.8) is 0 Å². The van der Waals surface area contributed by atoms with Crippen LogP contribution in [0.5, 0.6) is 0 Å². The average molecular weight is 1170 g/mol. The van der Waals surface area contributed by atoms with E-state index in [1.165, 1.54) is 6.07 Å². The number of anilines is 1. The minimum Gasteiger partial charge on any atom is -0.349 e. The van der Waals surface area contributed by atoms with E-state index in [4.69, 9.17) is 0 Å². The standard InChI is InChI=1S/C23H25FN6.C22H22FN7.C21H20FN5/c1-13(2)17-10-21(29-30-12-14(3)26-23(17)30)16-8-19(24)18-11-20(27-28-22(18)9-16)15-4-6-25-7-5-15;1-12-4-19(27-30-9-13(2)24-22(12)30)14-5-18(23)17-8-21(26-25-20(17)6-14)29-11-15-7-16(29)10-28(15)3;1-13-11-27-12-15(2-3-21(27)24-13)16-8-18(22)17-10-19(25-26-20(17)9-16)14-4-6-23-7-5-14/h8-13,15,25H,4-7H2,1-3H3;4-6,8-9,15-16H,7,10-11H2,1-3H3;2-3,8-12,14,23H,4-7H2,1H3/t;15?,16-;/m.1./s1. The van der Waals surface area contributed by atoms with Gasteiger partial charge in [0.05, 0.1) is 68.8 Å². The number of likely N-dealkylation sites (tertiary alicyclic amines) is 1. The van der Waals surface area contributed by atoms with Gasteiger partial charge in [0.25, 0.3) is 0 Å². The Morgan fingerprint density at radius 3 is 1.61 bits per heavy atom. The molecular weight excluding hydrogens is 1100 g/mol. The summed E-state index contributed by atoms with van der Waals surface area (Å²) in [4.78, 5) is 18.2. The number of nitrogens with zero attached hydrogens (tertiary/aromatic N) is 16. The second kappa shape index (κ2) is 22.7. The van der Waals surface area contributed by atoms with E-state index in [-0.39, 0.29) is 23.4 Å². The maximum atomic E-state index is 15.1. The molecule has 13 heterocycles. The summed E-state index contributed by atoms with van der Waals surface area (Å²) in [5.74, 6) is 0.879. The van der Waals surface area contributed by atoms with Crippen molar-refractivity contribution in [1.82, 2.24) is 84.7 Å². The zero-order valence-corrected chi connectivity index (χ0v) is 49.8. The fraction of sp³-hybridized carbons (Fsp3) is 0.348. The Labute approximate surface area is 500 Å². The second-order valence-electron chi connectivity index (χ2n) is 24.3. The molecule has 0 radical (unpaired) electrons. The molecule has 2 atom stereocenters. The van der Waals surface area contributed by atoms with Crippen LogP contribution in [0.4, 0.5) is 19.0 Å². The van der Waals surface area contributed by atoms with E-state index in [1.807, 2.05) is 118 Å². The van der Waals surface area contributed by atoms with Crippen LogP contribution in [0.3, 0.4) is 0 Å². The summed E-state index contributed by atoms with van der Waals surface area (Å²) in [6.45, 7) is 17.9. The highest BCUT2D eigenvalue weighted by atomic mass is 19.1. The minimum absolute atomic E-state index is 0.255. The van der Waals surface area contributed by atoms with Crippen molar-refractivity contribution in [2.45, 2.75) is 103 Å². The summed E-state index contributed by atoms with van der Waals surface area (Å²) in [5, 5.41) is 43.9. The van der Waals surface area contributed by atoms with Crippen LogP contribution in [0.1, 0.15) is 103 Å². The van der Waals surface area contributed by atoms with Crippen LogP contribution in [0.15, 0.2) is 104 Å². The number of aromatic nitrogens is 14. The van der Waals surface area contributed by atoms with Gasteiger partial charge in [-0.2, -0.15) is 30.6 Å². The molecule has 18 nitrogen and oxygen atoms in total. The van der Waals surface area contributed by atoms with Gasteiger partial charge in [-0.1, -0.05) is 13.8 Å². The number of hydrogen-bond acceptors (Lipinski definition) is 15. The second-order valence-corrected chi connectivity index (χ2v) is 24.3. The molecule has 16 rings (SSSR count). The lowest BCUT2D eigenvalue weighted by Crippen LogP contribution is -2.44. The van der Waals surface area contributed by atoms with Crippen LogP contribution in [0, 0.1) is 45.1 Å². The molecule has 2 bridgehead atoms. The van der Waals surface area contributed by atoms with E-state index >= 15 is 8.78 Å². The largest absolute Gasteiger partial charge is 0.349 e. The molecule has 4 fully saturated rings. The van der Waals surface area contributed by atoms with E-state index in [2.05, 4.69) is 97.1 Å². The monoisotopic (exact) mass is 1170 g/mol. The van der Waals surface area contributed by atoms with Crippen molar-refractivity contribution < 1.29 is 13.2 Å². The number of piperidine rings is 2. The first-order chi connectivity index (χ1) is 42.1. The van der Waals surface area contributed by atoms with Gasteiger partial charge < -0.3 is 19.9 Å². The first-order valence-electron chi connectivity index (χ1n) is 30.1. The first-order valence-corrected chi connectivity index (χ1v) is 30.1. The Balaban J connectivity index is 0.000000115. The predicted octanol–water partition coefficient (Wildman–Crippen LogP) is 11.2. The highest BCUT2D eigenvalue weighted by Gasteiger charge is 2.42. The Hall–Kier alpha value is -8.92. The van der Waals surface area contributed by atoms with Gasteiger partial charge in [-0.05, 0) is 194 Å². The number of benzene rings is 3. The molecule has 0 amide bonds. The molecule has 21 heteroatoms. The molecule has 87 heavy (non-hydrogen) atoms. The normalized spacial score (nSPS) is 17.6. The number of aryl methyl sites for hydroxylation is 4. The van der Waals surface area contributed by atoms with Crippen molar-refractivity contribution in [3.05, 3.63) is 161 Å². The van der Waals surface area contributed by atoms with Crippen LogP contribution in [-0.4, -0.2) is 132 Å². The zero-order valence-electron chi connectivity index (χ0n) is 49.8. The highest BCUT2D eigenvalue weighted by Crippen LogP contribution is 2.37. The molecule has 3 aromatic carbocycles. The third-order valence-electron chi connectivity index (χ3n) is 17.7. The van der Waals surface area contributed by atoms with Crippen LogP contribution in [-0.2, 0) is 0 Å². The first kappa shape index (κ1) is 55.9. The van der Waals surface area contributed by atoms with Crippen molar-refractivity contribution in [3.8, 4) is 33.6 Å². The summed E-state index contributed by atoms with van der Waals surface area (Å²) < 4.78 is 50.6. The van der Waals surface area contributed by atoms with E-state index in [0.29, 0.717) is 79.1 Å². The fourth-order valence-electron chi connectivity index (χ4n) is 13.1. The zero-order chi connectivity index (χ0) is 59.8. The van der Waals surface area contributed by atoms with Gasteiger partial charge in [0.2, 0.25) is 0 Å². The van der Waals surface area contributed by atoms with Crippen LogP contribution in [0.25, 0.3) is 83.3 Å². The maximum Gasteiger partial charge on any atom is 0.157 e. The Bertz CT molecular complexity index is 4620. The minimum atomic E-state index is -0.304. The summed E-state index contributed by atoms with van der Waals surface area (Å²) in [6.07, 6.45) is 12.9. The van der Waals surface area contributed by atoms with E-state index < -0.39 is 0 Å². The molecule has 4 aliphatic rings. The SMILES string of the molecule is Cc1cn2cc(-c3cc(F)c4cc(C5CCNCC5)nnc4c3)ccc2n1.Cc1cn2nc(-c3cc(F)c4cc(C5CCNCC5)nnc4c3)cc(C(C)C)c2n1.Cc1cn2nc(-c3cc(F)c4cc(N5CC6C[C@@H]5CN6C)nnc4c3)cc(C)c2n1. The third-order valence-corrected chi connectivity index (χ3v) is 17.7. The molecule has 9 aromatic heterocycles.